The van der Waals surface area contributed by atoms with Crippen molar-refractivity contribution in [2.24, 2.45) is 11.7 Å². The molecule has 19 heavy (non-hydrogen) atoms. The molecule has 0 aromatic rings. The Balaban J connectivity index is 2.40. The van der Waals surface area contributed by atoms with Gasteiger partial charge < -0.3 is 15.9 Å². The van der Waals surface area contributed by atoms with Crippen LogP contribution in [0.3, 0.4) is 0 Å². The van der Waals surface area contributed by atoms with Gasteiger partial charge in [0.1, 0.15) is 6.04 Å². The summed E-state index contributed by atoms with van der Waals surface area (Å²) in [5.74, 6) is -0.829. The molecule has 1 saturated carbocycles. The Morgan fingerprint density at radius 2 is 2.11 bits per heavy atom. The summed E-state index contributed by atoms with van der Waals surface area (Å²) in [7, 11) is -2.86. The third-order valence-corrected chi connectivity index (χ3v) is 5.76. The van der Waals surface area contributed by atoms with Gasteiger partial charge in [0.05, 0.1) is 5.60 Å². The number of aliphatic hydroxyl groups is 1. The predicted molar refractivity (Wildman–Crippen MR) is 73.4 cm³/mol. The maximum absolute atomic E-state index is 12.0. The molecule has 1 aliphatic rings. The Bertz CT molecular complexity index is 415. The highest BCUT2D eigenvalue weighted by Gasteiger charge is 2.36. The number of hydrogen-bond donors (Lipinski definition) is 4. The van der Waals surface area contributed by atoms with Crippen LogP contribution in [-0.4, -0.2) is 43.5 Å². The molecule has 0 aromatic heterocycles. The molecular formula is C12H24N2O4S. The zero-order valence-electron chi connectivity index (χ0n) is 11.3. The SMILES string of the molecule is CC(O)(CCS(=N)(=O)CC[C@H](N)C(=O)O)C1CCC1. The number of carbonyl (C=O) groups is 1. The van der Waals surface area contributed by atoms with Crippen LogP contribution < -0.4 is 5.73 Å². The standard InChI is InChI=1S/C12H24N2O4S/c1-12(17,9-3-2-4-9)6-8-19(14,18)7-5-10(13)11(15)16/h9-10,14,17H,2-8,13H2,1H3,(H,15,16)/t10-,12?,19?/m0/s1. The number of nitrogens with one attached hydrogen (secondary N) is 1. The topological polar surface area (TPSA) is 124 Å². The van der Waals surface area contributed by atoms with Crippen molar-refractivity contribution in [3.05, 3.63) is 0 Å². The fraction of sp³-hybridized carbons (Fsp3) is 0.917. The molecule has 2 unspecified atom stereocenters. The minimum Gasteiger partial charge on any atom is -0.480 e. The van der Waals surface area contributed by atoms with Crippen LogP contribution >= 0.6 is 0 Å². The zero-order valence-corrected chi connectivity index (χ0v) is 12.1. The summed E-state index contributed by atoms with van der Waals surface area (Å²) in [6.45, 7) is 1.73. The van der Waals surface area contributed by atoms with E-state index in [-0.39, 0.29) is 23.8 Å². The van der Waals surface area contributed by atoms with Crippen LogP contribution in [0.2, 0.25) is 0 Å². The number of carboxylic acids is 1. The van der Waals surface area contributed by atoms with Crippen LogP contribution in [0.4, 0.5) is 0 Å². The van der Waals surface area contributed by atoms with Gasteiger partial charge in [0.2, 0.25) is 0 Å². The van der Waals surface area contributed by atoms with Gasteiger partial charge in [-0.25, -0.2) is 4.21 Å². The lowest BCUT2D eigenvalue weighted by Crippen LogP contribution is -2.40. The lowest BCUT2D eigenvalue weighted by Gasteiger charge is -2.39. The van der Waals surface area contributed by atoms with Crippen LogP contribution in [0.25, 0.3) is 0 Å². The average Bonchev–Trinajstić information content (AvgIpc) is 2.20. The summed E-state index contributed by atoms with van der Waals surface area (Å²) in [5.41, 5.74) is 4.46. The number of nitrogens with two attached hydrogens (primary N) is 1. The first kappa shape index (κ1) is 16.4. The molecular weight excluding hydrogens is 268 g/mol. The van der Waals surface area contributed by atoms with Gasteiger partial charge in [-0.1, -0.05) is 6.42 Å². The Labute approximate surface area is 114 Å². The van der Waals surface area contributed by atoms with Crippen molar-refractivity contribution in [1.82, 2.24) is 0 Å². The summed E-state index contributed by atoms with van der Waals surface area (Å²) >= 11 is 0. The van der Waals surface area contributed by atoms with Gasteiger partial charge in [0.25, 0.3) is 0 Å². The largest absolute Gasteiger partial charge is 0.480 e. The Morgan fingerprint density at radius 1 is 1.53 bits per heavy atom. The fourth-order valence-corrected chi connectivity index (χ4v) is 3.73. The van der Waals surface area contributed by atoms with Gasteiger partial charge in [-0.05, 0) is 38.5 Å². The maximum Gasteiger partial charge on any atom is 0.320 e. The minimum atomic E-state index is -2.86. The van der Waals surface area contributed by atoms with Gasteiger partial charge in [-0.3, -0.25) is 9.57 Å². The van der Waals surface area contributed by atoms with E-state index in [4.69, 9.17) is 15.6 Å². The molecule has 0 aromatic carbocycles. The molecule has 0 spiro atoms. The van der Waals surface area contributed by atoms with E-state index in [9.17, 15) is 14.1 Å². The highest BCUT2D eigenvalue weighted by Crippen LogP contribution is 2.38. The van der Waals surface area contributed by atoms with E-state index in [0.717, 1.165) is 19.3 Å². The molecule has 6 nitrogen and oxygen atoms in total. The van der Waals surface area contributed by atoms with Crippen LogP contribution in [0, 0.1) is 10.7 Å². The molecule has 112 valence electrons. The quantitative estimate of drug-likeness (QED) is 0.526. The van der Waals surface area contributed by atoms with Gasteiger partial charge in [-0.15, -0.1) is 0 Å². The monoisotopic (exact) mass is 292 g/mol. The number of hydrogen-bond acceptors (Lipinski definition) is 5. The van der Waals surface area contributed by atoms with Gasteiger partial charge in [0, 0.05) is 21.2 Å². The summed E-state index contributed by atoms with van der Waals surface area (Å²) in [5, 5.41) is 18.9. The molecule has 0 amide bonds. The molecule has 3 atom stereocenters. The van der Waals surface area contributed by atoms with Crippen LogP contribution in [0.5, 0.6) is 0 Å². The number of rotatable bonds is 8. The van der Waals surface area contributed by atoms with Crippen molar-refractivity contribution in [3.8, 4) is 0 Å². The maximum atomic E-state index is 12.0. The lowest BCUT2D eigenvalue weighted by molar-refractivity contribution is -0.138. The molecule has 1 fully saturated rings. The van der Waals surface area contributed by atoms with E-state index >= 15 is 0 Å². The second kappa shape index (κ2) is 6.19. The van der Waals surface area contributed by atoms with Crippen molar-refractivity contribution < 1.29 is 19.2 Å². The summed E-state index contributed by atoms with van der Waals surface area (Å²) in [6.07, 6.45) is 3.43. The van der Waals surface area contributed by atoms with E-state index in [1.165, 1.54) is 0 Å². The number of aliphatic carboxylic acids is 1. The van der Waals surface area contributed by atoms with E-state index in [2.05, 4.69) is 0 Å². The molecule has 1 aliphatic carbocycles. The fourth-order valence-electron chi connectivity index (χ4n) is 2.15. The smallest absolute Gasteiger partial charge is 0.320 e. The molecule has 0 bridgehead atoms. The minimum absolute atomic E-state index is 0.0266. The summed E-state index contributed by atoms with van der Waals surface area (Å²) in [4.78, 5) is 10.6. The Hall–Kier alpha value is -0.660. The average molecular weight is 292 g/mol. The van der Waals surface area contributed by atoms with Crippen molar-refractivity contribution in [2.45, 2.75) is 50.7 Å². The molecule has 5 N–H and O–H groups in total. The first-order valence-electron chi connectivity index (χ1n) is 6.59. The van der Waals surface area contributed by atoms with Crippen molar-refractivity contribution in [2.75, 3.05) is 11.5 Å². The molecule has 7 heteroatoms. The van der Waals surface area contributed by atoms with E-state index in [1.54, 1.807) is 6.92 Å². The molecule has 0 saturated heterocycles. The van der Waals surface area contributed by atoms with Crippen LogP contribution in [-0.2, 0) is 14.5 Å². The first-order chi connectivity index (χ1) is 8.64. The molecule has 0 aliphatic heterocycles. The molecule has 1 rings (SSSR count). The summed E-state index contributed by atoms with van der Waals surface area (Å²) < 4.78 is 19.7. The second-order valence-electron chi connectivity index (χ2n) is 5.69. The highest BCUT2D eigenvalue weighted by molar-refractivity contribution is 7.92. The Kier molecular flexibility index (Phi) is 5.34. The third kappa shape index (κ3) is 5.08. The number of carboxylic acid groups (broad SMARTS) is 1. The van der Waals surface area contributed by atoms with Gasteiger partial charge in [-0.2, -0.15) is 0 Å². The summed E-state index contributed by atoms with van der Waals surface area (Å²) in [6, 6.07) is -1.07. The first-order valence-corrected chi connectivity index (χ1v) is 8.48. The normalized spacial score (nSPS) is 23.9. The highest BCUT2D eigenvalue weighted by atomic mass is 32.2. The van der Waals surface area contributed by atoms with Gasteiger partial charge >= 0.3 is 5.97 Å². The molecule has 0 heterocycles. The zero-order chi connectivity index (χ0) is 14.7. The van der Waals surface area contributed by atoms with Crippen molar-refractivity contribution in [3.63, 3.8) is 0 Å². The van der Waals surface area contributed by atoms with Gasteiger partial charge in [0.15, 0.2) is 0 Å². The molecule has 0 radical (unpaired) electrons. The van der Waals surface area contributed by atoms with E-state index < -0.39 is 27.3 Å². The van der Waals surface area contributed by atoms with Crippen molar-refractivity contribution >= 4 is 15.7 Å². The van der Waals surface area contributed by atoms with E-state index in [1.807, 2.05) is 0 Å². The van der Waals surface area contributed by atoms with Crippen LogP contribution in [0.15, 0.2) is 0 Å². The second-order valence-corrected chi connectivity index (χ2v) is 8.13. The lowest BCUT2D eigenvalue weighted by atomic mass is 9.73. The Morgan fingerprint density at radius 3 is 2.53 bits per heavy atom. The third-order valence-electron chi connectivity index (χ3n) is 4.00. The van der Waals surface area contributed by atoms with E-state index in [0.29, 0.717) is 6.42 Å². The predicted octanol–water partition coefficient (Wildman–Crippen LogP) is 0.776. The van der Waals surface area contributed by atoms with Crippen LogP contribution in [0.1, 0.15) is 39.0 Å². The van der Waals surface area contributed by atoms with Crippen molar-refractivity contribution in [1.29, 1.82) is 4.78 Å².